The third kappa shape index (κ3) is 2.56. The third-order valence-electron chi connectivity index (χ3n) is 3.05. The Hall–Kier alpha value is -2.01. The first-order valence-electron chi connectivity index (χ1n) is 5.98. The Morgan fingerprint density at radius 3 is 2.95 bits per heavy atom. The van der Waals surface area contributed by atoms with Crippen LogP contribution in [0.1, 0.15) is 34.9 Å². The van der Waals surface area contributed by atoms with Crippen molar-refractivity contribution in [3.63, 3.8) is 0 Å². The molecule has 1 heterocycles. The van der Waals surface area contributed by atoms with Gasteiger partial charge in [0.05, 0.1) is 5.69 Å². The molecule has 1 saturated carbocycles. The van der Waals surface area contributed by atoms with Gasteiger partial charge in [0.2, 0.25) is 0 Å². The zero-order chi connectivity index (χ0) is 13.4. The van der Waals surface area contributed by atoms with Crippen molar-refractivity contribution in [3.05, 3.63) is 40.7 Å². The van der Waals surface area contributed by atoms with Crippen molar-refractivity contribution in [3.8, 4) is 5.75 Å². The number of nitrogens with one attached hydrogen (secondary N) is 2. The number of carbonyl (C=O) groups excluding carboxylic acids is 1. The summed E-state index contributed by atoms with van der Waals surface area (Å²) in [6.07, 6.45) is 2.27. The summed E-state index contributed by atoms with van der Waals surface area (Å²) in [6.45, 7) is 0. The van der Waals surface area contributed by atoms with Crippen LogP contribution in [0.2, 0.25) is 5.02 Å². The van der Waals surface area contributed by atoms with Gasteiger partial charge in [-0.2, -0.15) is 5.10 Å². The van der Waals surface area contributed by atoms with Gasteiger partial charge in [-0.3, -0.25) is 9.89 Å². The van der Waals surface area contributed by atoms with Crippen LogP contribution in [0.4, 0.5) is 5.69 Å². The summed E-state index contributed by atoms with van der Waals surface area (Å²) in [6, 6.07) is 6.21. The highest BCUT2D eigenvalue weighted by molar-refractivity contribution is 6.31. The summed E-state index contributed by atoms with van der Waals surface area (Å²) in [5.41, 5.74) is 1.57. The average Bonchev–Trinajstić information content (AvgIpc) is 3.11. The molecule has 1 amide bonds. The Kier molecular flexibility index (Phi) is 2.91. The van der Waals surface area contributed by atoms with Crippen LogP contribution in [0, 0.1) is 0 Å². The molecule has 19 heavy (non-hydrogen) atoms. The summed E-state index contributed by atoms with van der Waals surface area (Å²) in [4.78, 5) is 12.0. The van der Waals surface area contributed by atoms with E-state index in [9.17, 15) is 9.90 Å². The first kappa shape index (κ1) is 12.0. The number of rotatable bonds is 3. The normalized spacial score (nSPS) is 14.4. The van der Waals surface area contributed by atoms with Gasteiger partial charge in [-0.1, -0.05) is 11.6 Å². The van der Waals surface area contributed by atoms with Crippen LogP contribution < -0.4 is 5.32 Å². The van der Waals surface area contributed by atoms with Gasteiger partial charge in [0.25, 0.3) is 5.91 Å². The number of phenolic OH excluding ortho intramolecular Hbond substituents is 1. The molecule has 0 aliphatic heterocycles. The molecular formula is C13H12ClN3O2. The zero-order valence-corrected chi connectivity index (χ0v) is 10.7. The Labute approximate surface area is 114 Å². The van der Waals surface area contributed by atoms with Crippen LogP contribution in [0.15, 0.2) is 24.3 Å². The number of aromatic nitrogens is 2. The van der Waals surface area contributed by atoms with E-state index in [0.717, 1.165) is 18.5 Å². The monoisotopic (exact) mass is 277 g/mol. The second kappa shape index (κ2) is 4.59. The number of anilines is 1. The average molecular weight is 278 g/mol. The lowest BCUT2D eigenvalue weighted by atomic mass is 10.2. The highest BCUT2D eigenvalue weighted by atomic mass is 35.5. The number of nitrogens with zero attached hydrogens (tertiary/aromatic N) is 1. The molecule has 5 nitrogen and oxygen atoms in total. The maximum Gasteiger partial charge on any atom is 0.276 e. The van der Waals surface area contributed by atoms with E-state index < -0.39 is 0 Å². The number of carbonyl (C=O) groups is 1. The molecule has 0 spiro atoms. The summed E-state index contributed by atoms with van der Waals surface area (Å²) in [7, 11) is 0. The van der Waals surface area contributed by atoms with Crippen molar-refractivity contribution < 1.29 is 9.90 Å². The van der Waals surface area contributed by atoms with Crippen LogP contribution in [-0.2, 0) is 0 Å². The van der Waals surface area contributed by atoms with Crippen molar-refractivity contribution in [1.29, 1.82) is 0 Å². The highest BCUT2D eigenvalue weighted by Gasteiger charge is 2.26. The molecule has 1 aliphatic rings. The molecule has 1 aromatic carbocycles. The van der Waals surface area contributed by atoms with Crippen LogP contribution in [0.3, 0.4) is 0 Å². The van der Waals surface area contributed by atoms with Crippen molar-refractivity contribution in [2.45, 2.75) is 18.8 Å². The molecule has 0 unspecified atom stereocenters. The van der Waals surface area contributed by atoms with Crippen LogP contribution in [-0.4, -0.2) is 21.2 Å². The number of amides is 1. The lowest BCUT2D eigenvalue weighted by Crippen LogP contribution is -2.12. The molecule has 0 atom stereocenters. The Morgan fingerprint density at radius 2 is 2.21 bits per heavy atom. The predicted molar refractivity (Wildman–Crippen MR) is 71.6 cm³/mol. The van der Waals surface area contributed by atoms with E-state index in [2.05, 4.69) is 15.5 Å². The molecule has 1 fully saturated rings. The maximum absolute atomic E-state index is 12.0. The maximum atomic E-state index is 12.0. The molecule has 3 rings (SSSR count). The summed E-state index contributed by atoms with van der Waals surface area (Å²) in [5, 5.41) is 19.5. The Balaban J connectivity index is 1.77. The quantitative estimate of drug-likeness (QED) is 0.755. The van der Waals surface area contributed by atoms with Crippen molar-refractivity contribution in [2.24, 2.45) is 0 Å². The highest BCUT2D eigenvalue weighted by Crippen LogP contribution is 2.39. The number of phenols is 1. The second-order valence-electron chi connectivity index (χ2n) is 4.60. The largest absolute Gasteiger partial charge is 0.506 e. The number of halogens is 1. The van der Waals surface area contributed by atoms with E-state index in [-0.39, 0.29) is 17.3 Å². The van der Waals surface area contributed by atoms with E-state index in [1.54, 1.807) is 12.1 Å². The van der Waals surface area contributed by atoms with Crippen molar-refractivity contribution in [1.82, 2.24) is 10.2 Å². The SMILES string of the molecule is O=C(Nc1cc(Cl)ccc1O)c1cc(C2CC2)[nH]n1. The number of H-pyrrole nitrogens is 1. The van der Waals surface area contributed by atoms with Gasteiger partial charge >= 0.3 is 0 Å². The fourth-order valence-corrected chi connectivity index (χ4v) is 2.02. The van der Waals surface area contributed by atoms with Gasteiger partial charge in [0, 0.05) is 16.6 Å². The van der Waals surface area contributed by atoms with E-state index >= 15 is 0 Å². The molecule has 0 bridgehead atoms. The van der Waals surface area contributed by atoms with Gasteiger partial charge in [0.1, 0.15) is 5.75 Å². The standard InChI is InChI=1S/C13H12ClN3O2/c14-8-3-4-12(18)10(5-8)15-13(19)11-6-9(16-17-11)7-1-2-7/h3-7,18H,1-2H2,(H,15,19)(H,16,17). The molecule has 2 aromatic rings. The first-order chi connectivity index (χ1) is 9.13. The molecule has 6 heteroatoms. The Bertz CT molecular complexity index is 635. The van der Waals surface area contributed by atoms with Gasteiger partial charge in [-0.15, -0.1) is 0 Å². The topological polar surface area (TPSA) is 78.0 Å². The predicted octanol–water partition coefficient (Wildman–Crippen LogP) is 2.90. The lowest BCUT2D eigenvalue weighted by molar-refractivity contribution is 0.102. The second-order valence-corrected chi connectivity index (χ2v) is 5.03. The minimum absolute atomic E-state index is 0.0318. The molecular weight excluding hydrogens is 266 g/mol. The minimum Gasteiger partial charge on any atom is -0.506 e. The van der Waals surface area contributed by atoms with E-state index in [0.29, 0.717) is 16.6 Å². The van der Waals surface area contributed by atoms with Crippen LogP contribution >= 0.6 is 11.6 Å². The number of aromatic amines is 1. The first-order valence-corrected chi connectivity index (χ1v) is 6.36. The van der Waals surface area contributed by atoms with Crippen LogP contribution in [0.5, 0.6) is 5.75 Å². The summed E-state index contributed by atoms with van der Waals surface area (Å²) >= 11 is 5.82. The van der Waals surface area contributed by atoms with Crippen molar-refractivity contribution in [2.75, 3.05) is 5.32 Å². The smallest absolute Gasteiger partial charge is 0.276 e. The van der Waals surface area contributed by atoms with Gasteiger partial charge in [0.15, 0.2) is 5.69 Å². The number of benzene rings is 1. The number of hydrogen-bond donors (Lipinski definition) is 3. The fourth-order valence-electron chi connectivity index (χ4n) is 1.85. The molecule has 0 saturated heterocycles. The molecule has 98 valence electrons. The van der Waals surface area contributed by atoms with E-state index in [1.807, 2.05) is 0 Å². The fraction of sp³-hybridized carbons (Fsp3) is 0.231. The van der Waals surface area contributed by atoms with E-state index in [4.69, 9.17) is 11.6 Å². The zero-order valence-electron chi connectivity index (χ0n) is 9.98. The van der Waals surface area contributed by atoms with E-state index in [1.165, 1.54) is 12.1 Å². The molecule has 1 aromatic heterocycles. The van der Waals surface area contributed by atoms with Gasteiger partial charge in [-0.25, -0.2) is 0 Å². The molecule has 1 aliphatic carbocycles. The van der Waals surface area contributed by atoms with Gasteiger partial charge < -0.3 is 10.4 Å². The molecule has 3 N–H and O–H groups in total. The molecule has 0 radical (unpaired) electrons. The third-order valence-corrected chi connectivity index (χ3v) is 3.29. The number of hydrogen-bond acceptors (Lipinski definition) is 3. The summed E-state index contributed by atoms with van der Waals surface area (Å²) in [5.74, 6) is 0.102. The Morgan fingerprint density at radius 1 is 1.42 bits per heavy atom. The lowest BCUT2D eigenvalue weighted by Gasteiger charge is -2.05. The van der Waals surface area contributed by atoms with Crippen LogP contribution in [0.25, 0.3) is 0 Å². The summed E-state index contributed by atoms with van der Waals surface area (Å²) < 4.78 is 0. The number of aromatic hydroxyl groups is 1. The van der Waals surface area contributed by atoms with Gasteiger partial charge in [-0.05, 0) is 37.1 Å². The van der Waals surface area contributed by atoms with Crippen molar-refractivity contribution >= 4 is 23.2 Å². The minimum atomic E-state index is -0.374.